The summed E-state index contributed by atoms with van der Waals surface area (Å²) in [6.07, 6.45) is 5.00. The predicted molar refractivity (Wildman–Crippen MR) is 145 cm³/mol. The van der Waals surface area contributed by atoms with Crippen molar-refractivity contribution in [1.29, 1.82) is 0 Å². The number of ether oxygens (including phenoxy) is 1. The van der Waals surface area contributed by atoms with Gasteiger partial charge in [-0.1, -0.05) is 13.3 Å². The number of halogens is 3. The lowest BCUT2D eigenvalue weighted by Crippen LogP contribution is -2.41. The molecule has 40 heavy (non-hydrogen) atoms. The Kier molecular flexibility index (Phi) is 6.54. The van der Waals surface area contributed by atoms with Crippen molar-refractivity contribution in [2.45, 2.75) is 63.7 Å². The lowest BCUT2D eigenvalue weighted by Gasteiger charge is -2.37. The van der Waals surface area contributed by atoms with Crippen LogP contribution in [-0.4, -0.2) is 42.5 Å². The van der Waals surface area contributed by atoms with Crippen molar-refractivity contribution in [1.82, 2.24) is 29.3 Å². The van der Waals surface area contributed by atoms with Gasteiger partial charge in [0.25, 0.3) is 0 Å². The SMILES string of the molecule is CCCC1Cc2c(c(-c3c(C4CC4)ccnc3OC)nn2C)CN1c1ccc(-c2nc(C(F)(F)F)cn2C)cn1. The van der Waals surface area contributed by atoms with Crippen LogP contribution in [0.25, 0.3) is 22.6 Å². The minimum atomic E-state index is -4.50. The molecule has 5 heterocycles. The number of alkyl halides is 3. The maximum Gasteiger partial charge on any atom is 0.434 e. The van der Waals surface area contributed by atoms with Crippen molar-refractivity contribution >= 4 is 5.82 Å². The lowest BCUT2D eigenvalue weighted by atomic mass is 9.92. The number of aromatic nitrogens is 6. The van der Waals surface area contributed by atoms with E-state index in [9.17, 15) is 13.2 Å². The number of rotatable bonds is 7. The van der Waals surface area contributed by atoms with E-state index in [1.807, 2.05) is 17.8 Å². The van der Waals surface area contributed by atoms with Crippen LogP contribution in [-0.2, 0) is 33.2 Å². The number of methoxy groups -OCH3 is 1. The fraction of sp³-hybridized carbons (Fsp3) is 0.448. The molecule has 2 aliphatic rings. The molecule has 1 aliphatic heterocycles. The first kappa shape index (κ1) is 26.3. The summed E-state index contributed by atoms with van der Waals surface area (Å²) in [7, 11) is 5.20. The van der Waals surface area contributed by atoms with Gasteiger partial charge in [-0.2, -0.15) is 18.3 Å². The normalized spacial score (nSPS) is 17.3. The maximum atomic E-state index is 13.2. The van der Waals surface area contributed by atoms with Gasteiger partial charge in [0.1, 0.15) is 17.3 Å². The Morgan fingerprint density at radius 3 is 2.52 bits per heavy atom. The third kappa shape index (κ3) is 4.61. The second-order valence-corrected chi connectivity index (χ2v) is 10.7. The van der Waals surface area contributed by atoms with Gasteiger partial charge in [0.05, 0.1) is 12.7 Å². The number of fused-ring (bicyclic) bond motifs is 1. The van der Waals surface area contributed by atoms with Crippen molar-refractivity contribution in [2.24, 2.45) is 14.1 Å². The summed E-state index contributed by atoms with van der Waals surface area (Å²) in [6, 6.07) is 5.96. The highest BCUT2D eigenvalue weighted by Gasteiger charge is 2.37. The zero-order chi connectivity index (χ0) is 28.2. The smallest absolute Gasteiger partial charge is 0.434 e. The molecule has 1 fully saturated rings. The van der Waals surface area contributed by atoms with Crippen LogP contribution in [0, 0.1) is 0 Å². The number of nitrogens with zero attached hydrogens (tertiary/aromatic N) is 7. The summed E-state index contributed by atoms with van der Waals surface area (Å²) >= 11 is 0. The number of imidazole rings is 1. The van der Waals surface area contributed by atoms with Crippen molar-refractivity contribution in [2.75, 3.05) is 12.0 Å². The second kappa shape index (κ2) is 9.94. The highest BCUT2D eigenvalue weighted by Crippen LogP contribution is 2.48. The van der Waals surface area contributed by atoms with E-state index in [1.165, 1.54) is 15.8 Å². The van der Waals surface area contributed by atoms with Crippen molar-refractivity contribution in [3.05, 3.63) is 59.3 Å². The Balaban J connectivity index is 1.38. The zero-order valence-electron chi connectivity index (χ0n) is 23.0. The first-order chi connectivity index (χ1) is 19.2. The third-order valence-electron chi connectivity index (χ3n) is 7.96. The molecule has 4 aromatic rings. The van der Waals surface area contributed by atoms with Gasteiger partial charge in [0, 0.05) is 68.5 Å². The number of hydrogen-bond acceptors (Lipinski definition) is 6. The van der Waals surface area contributed by atoms with Crippen LogP contribution >= 0.6 is 0 Å². The van der Waals surface area contributed by atoms with Gasteiger partial charge in [-0.05, 0) is 48.9 Å². The largest absolute Gasteiger partial charge is 0.480 e. The van der Waals surface area contributed by atoms with Crippen LogP contribution in [0.15, 0.2) is 36.8 Å². The van der Waals surface area contributed by atoms with Gasteiger partial charge >= 0.3 is 6.18 Å². The van der Waals surface area contributed by atoms with Gasteiger partial charge in [-0.15, -0.1) is 0 Å². The summed E-state index contributed by atoms with van der Waals surface area (Å²) in [5, 5.41) is 5.00. The predicted octanol–water partition coefficient (Wildman–Crippen LogP) is 5.91. The van der Waals surface area contributed by atoms with Crippen LogP contribution in [0.5, 0.6) is 5.88 Å². The molecule has 0 N–H and O–H groups in total. The van der Waals surface area contributed by atoms with Gasteiger partial charge in [-0.25, -0.2) is 15.0 Å². The monoisotopic (exact) mass is 551 g/mol. The standard InChI is InChI=1S/C29H32F3N7O/c1-5-6-19-13-22-21(26(36-38(22)3)25-20(17-7-8-17)11-12-33-28(25)40-4)15-39(19)24-10-9-18(14-34-24)27-35-23(16-37(27)2)29(30,31)32/h9-12,14,16-17,19H,5-8,13,15H2,1-4H3. The van der Waals surface area contributed by atoms with Gasteiger partial charge in [0.2, 0.25) is 5.88 Å². The summed E-state index contributed by atoms with van der Waals surface area (Å²) < 4.78 is 48.7. The number of aryl methyl sites for hydroxylation is 2. The van der Waals surface area contributed by atoms with Crippen molar-refractivity contribution in [3.8, 4) is 28.5 Å². The highest BCUT2D eigenvalue weighted by molar-refractivity contribution is 5.74. The average molecular weight is 552 g/mol. The van der Waals surface area contributed by atoms with Crippen LogP contribution in [0.3, 0.4) is 0 Å². The van der Waals surface area contributed by atoms with Crippen LogP contribution in [0.1, 0.15) is 61.0 Å². The van der Waals surface area contributed by atoms with Crippen LogP contribution in [0.4, 0.5) is 19.0 Å². The summed E-state index contributed by atoms with van der Waals surface area (Å²) in [4.78, 5) is 15.3. The second-order valence-electron chi connectivity index (χ2n) is 10.7. The Labute approximate surface area is 230 Å². The molecule has 6 rings (SSSR count). The topological polar surface area (TPSA) is 73.9 Å². The summed E-state index contributed by atoms with van der Waals surface area (Å²) in [5.74, 6) is 2.08. The molecule has 0 radical (unpaired) electrons. The average Bonchev–Trinajstić information content (AvgIpc) is 3.64. The zero-order valence-corrected chi connectivity index (χ0v) is 23.0. The molecule has 0 saturated heterocycles. The third-order valence-corrected chi connectivity index (χ3v) is 7.96. The first-order valence-electron chi connectivity index (χ1n) is 13.6. The summed E-state index contributed by atoms with van der Waals surface area (Å²) in [5.41, 5.74) is 5.04. The molecule has 0 bridgehead atoms. The van der Waals surface area contributed by atoms with Crippen molar-refractivity contribution in [3.63, 3.8) is 0 Å². The molecular weight excluding hydrogens is 519 g/mol. The Bertz CT molecular complexity index is 1540. The molecule has 0 amide bonds. The van der Waals surface area contributed by atoms with E-state index in [1.54, 1.807) is 32.6 Å². The Hall–Kier alpha value is -3.89. The molecular formula is C29H32F3N7O. The molecule has 1 atom stereocenters. The van der Waals surface area contributed by atoms with Gasteiger partial charge in [0.15, 0.2) is 5.69 Å². The van der Waals surface area contributed by atoms with E-state index < -0.39 is 11.9 Å². The number of anilines is 1. The molecule has 4 aromatic heterocycles. The fourth-order valence-corrected chi connectivity index (χ4v) is 5.86. The first-order valence-corrected chi connectivity index (χ1v) is 13.6. The molecule has 1 aliphatic carbocycles. The maximum absolute atomic E-state index is 13.2. The highest BCUT2D eigenvalue weighted by atomic mass is 19.4. The van der Waals surface area contributed by atoms with Crippen molar-refractivity contribution < 1.29 is 17.9 Å². The molecule has 0 aromatic carbocycles. The summed E-state index contributed by atoms with van der Waals surface area (Å²) in [6.45, 7) is 2.78. The molecule has 210 valence electrons. The number of pyridine rings is 2. The van der Waals surface area contributed by atoms with E-state index >= 15 is 0 Å². The van der Waals surface area contributed by atoms with E-state index in [2.05, 4.69) is 27.9 Å². The molecule has 8 nitrogen and oxygen atoms in total. The van der Waals surface area contributed by atoms with Gasteiger partial charge < -0.3 is 14.2 Å². The van der Waals surface area contributed by atoms with E-state index in [-0.39, 0.29) is 11.9 Å². The molecule has 0 spiro atoms. The van der Waals surface area contributed by atoms with E-state index in [0.717, 1.165) is 60.9 Å². The van der Waals surface area contributed by atoms with E-state index in [0.29, 0.717) is 23.9 Å². The molecule has 1 unspecified atom stereocenters. The fourth-order valence-electron chi connectivity index (χ4n) is 5.86. The Morgan fingerprint density at radius 2 is 1.90 bits per heavy atom. The number of hydrogen-bond donors (Lipinski definition) is 0. The minimum absolute atomic E-state index is 0.211. The quantitative estimate of drug-likeness (QED) is 0.284. The van der Waals surface area contributed by atoms with E-state index in [4.69, 9.17) is 14.8 Å². The van der Waals surface area contributed by atoms with Crippen LogP contribution < -0.4 is 9.64 Å². The Morgan fingerprint density at radius 1 is 1.10 bits per heavy atom. The van der Waals surface area contributed by atoms with Crippen LogP contribution in [0.2, 0.25) is 0 Å². The molecule has 1 saturated carbocycles. The minimum Gasteiger partial charge on any atom is -0.480 e. The van der Waals surface area contributed by atoms with Gasteiger partial charge in [-0.3, -0.25) is 4.68 Å². The molecule has 11 heteroatoms. The lowest BCUT2D eigenvalue weighted by molar-refractivity contribution is -0.140.